The van der Waals surface area contributed by atoms with Crippen molar-refractivity contribution in [3.8, 4) is 10.4 Å². The maximum Gasteiger partial charge on any atom is 0.0572 e. The molecule has 2 aromatic rings. The van der Waals surface area contributed by atoms with Crippen LogP contribution < -0.4 is 5.73 Å². The van der Waals surface area contributed by atoms with E-state index in [1.165, 1.54) is 32.7 Å². The zero-order valence-corrected chi connectivity index (χ0v) is 9.69. The molecule has 1 aromatic heterocycles. The van der Waals surface area contributed by atoms with Crippen LogP contribution in [0, 0.1) is 13.8 Å². The first kappa shape index (κ1) is 9.13. The molecule has 0 amide bonds. The van der Waals surface area contributed by atoms with Gasteiger partial charge in [0.2, 0.25) is 0 Å². The van der Waals surface area contributed by atoms with Crippen molar-refractivity contribution in [2.75, 3.05) is 0 Å². The van der Waals surface area contributed by atoms with E-state index in [4.69, 9.17) is 5.73 Å². The number of hydrogen-bond donors (Lipinski definition) is 1. The van der Waals surface area contributed by atoms with Gasteiger partial charge >= 0.3 is 0 Å². The largest absolute Gasteiger partial charge is 0.320 e. The SMILES string of the molecule is Cc1ccc2c(c1C)-c1sccc1C2N. The summed E-state index contributed by atoms with van der Waals surface area (Å²) in [7, 11) is 0. The van der Waals surface area contributed by atoms with E-state index in [0.717, 1.165) is 0 Å². The minimum absolute atomic E-state index is 0.0838. The third-order valence-electron chi connectivity index (χ3n) is 3.36. The van der Waals surface area contributed by atoms with Gasteiger partial charge in [0.05, 0.1) is 6.04 Å². The van der Waals surface area contributed by atoms with Crippen LogP contribution in [0.25, 0.3) is 10.4 Å². The van der Waals surface area contributed by atoms with Crippen molar-refractivity contribution in [1.29, 1.82) is 0 Å². The molecule has 1 heterocycles. The lowest BCUT2D eigenvalue weighted by Gasteiger charge is -2.09. The van der Waals surface area contributed by atoms with Gasteiger partial charge in [0.25, 0.3) is 0 Å². The molecule has 15 heavy (non-hydrogen) atoms. The van der Waals surface area contributed by atoms with E-state index in [9.17, 15) is 0 Å². The molecule has 2 N–H and O–H groups in total. The molecule has 1 unspecified atom stereocenters. The van der Waals surface area contributed by atoms with E-state index in [-0.39, 0.29) is 6.04 Å². The molecule has 0 saturated heterocycles. The maximum absolute atomic E-state index is 6.23. The second-order valence-electron chi connectivity index (χ2n) is 4.15. The Morgan fingerprint density at radius 1 is 1.13 bits per heavy atom. The lowest BCUT2D eigenvalue weighted by molar-refractivity contribution is 0.902. The van der Waals surface area contributed by atoms with Crippen molar-refractivity contribution >= 4 is 11.3 Å². The quantitative estimate of drug-likeness (QED) is 0.716. The highest BCUT2D eigenvalue weighted by Gasteiger charge is 2.28. The minimum Gasteiger partial charge on any atom is -0.320 e. The summed E-state index contributed by atoms with van der Waals surface area (Å²) < 4.78 is 0. The highest BCUT2D eigenvalue weighted by molar-refractivity contribution is 7.14. The summed E-state index contributed by atoms with van der Waals surface area (Å²) in [5, 5.41) is 2.13. The normalized spacial score (nSPS) is 17.7. The Balaban J connectivity index is 2.40. The third-order valence-corrected chi connectivity index (χ3v) is 4.31. The second kappa shape index (κ2) is 2.94. The Labute approximate surface area is 93.6 Å². The second-order valence-corrected chi connectivity index (χ2v) is 5.07. The fraction of sp³-hybridized carbons (Fsp3) is 0.231. The Hall–Kier alpha value is -1.12. The van der Waals surface area contributed by atoms with E-state index in [2.05, 4.69) is 37.4 Å². The van der Waals surface area contributed by atoms with Gasteiger partial charge in [0.15, 0.2) is 0 Å². The summed E-state index contributed by atoms with van der Waals surface area (Å²) in [6.45, 7) is 4.35. The van der Waals surface area contributed by atoms with Gasteiger partial charge in [-0.25, -0.2) is 0 Å². The lowest BCUT2D eigenvalue weighted by Crippen LogP contribution is -2.07. The smallest absolute Gasteiger partial charge is 0.0572 e. The monoisotopic (exact) mass is 215 g/mol. The van der Waals surface area contributed by atoms with Crippen LogP contribution in [0.2, 0.25) is 0 Å². The summed E-state index contributed by atoms with van der Waals surface area (Å²) in [4.78, 5) is 1.37. The average molecular weight is 215 g/mol. The number of fused-ring (bicyclic) bond motifs is 3. The molecule has 0 aliphatic heterocycles. The van der Waals surface area contributed by atoms with Gasteiger partial charge in [-0.05, 0) is 47.5 Å². The lowest BCUT2D eigenvalue weighted by atomic mass is 9.99. The van der Waals surface area contributed by atoms with Crippen LogP contribution in [0.5, 0.6) is 0 Å². The molecule has 1 aliphatic carbocycles. The molecule has 1 nitrogen and oxygen atoms in total. The molecule has 0 bridgehead atoms. The third kappa shape index (κ3) is 1.06. The molecule has 0 saturated carbocycles. The molecule has 0 radical (unpaired) electrons. The first-order valence-corrected chi connectivity index (χ1v) is 6.01. The molecule has 1 atom stereocenters. The zero-order valence-electron chi connectivity index (χ0n) is 8.87. The Kier molecular flexibility index (Phi) is 1.79. The first-order valence-electron chi connectivity index (χ1n) is 5.13. The summed E-state index contributed by atoms with van der Waals surface area (Å²) in [6, 6.07) is 6.58. The van der Waals surface area contributed by atoms with Crippen LogP contribution in [0.3, 0.4) is 0 Å². The van der Waals surface area contributed by atoms with E-state index < -0.39 is 0 Å². The summed E-state index contributed by atoms with van der Waals surface area (Å²) in [6.07, 6.45) is 0. The van der Waals surface area contributed by atoms with E-state index in [0.29, 0.717) is 0 Å². The van der Waals surface area contributed by atoms with Gasteiger partial charge in [-0.2, -0.15) is 0 Å². The number of hydrogen-bond acceptors (Lipinski definition) is 2. The number of aryl methyl sites for hydroxylation is 1. The zero-order chi connectivity index (χ0) is 10.6. The van der Waals surface area contributed by atoms with Crippen molar-refractivity contribution in [3.63, 3.8) is 0 Å². The topological polar surface area (TPSA) is 26.0 Å². The average Bonchev–Trinajstić information content (AvgIpc) is 2.76. The highest BCUT2D eigenvalue weighted by Crippen LogP contribution is 2.47. The van der Waals surface area contributed by atoms with Crippen molar-refractivity contribution < 1.29 is 0 Å². The van der Waals surface area contributed by atoms with Crippen LogP contribution in [0.15, 0.2) is 23.6 Å². The van der Waals surface area contributed by atoms with Crippen LogP contribution in [0.4, 0.5) is 0 Å². The van der Waals surface area contributed by atoms with E-state index in [1.807, 2.05) is 0 Å². The van der Waals surface area contributed by atoms with Crippen molar-refractivity contribution in [2.45, 2.75) is 19.9 Å². The van der Waals surface area contributed by atoms with Gasteiger partial charge in [0, 0.05) is 10.4 Å². The molecule has 3 rings (SSSR count). The maximum atomic E-state index is 6.23. The van der Waals surface area contributed by atoms with Crippen molar-refractivity contribution in [3.05, 3.63) is 45.8 Å². The summed E-state index contributed by atoms with van der Waals surface area (Å²) in [5.74, 6) is 0. The number of thiophene rings is 1. The van der Waals surface area contributed by atoms with E-state index in [1.54, 1.807) is 11.3 Å². The summed E-state index contributed by atoms with van der Waals surface area (Å²) in [5.41, 5.74) is 12.9. The van der Waals surface area contributed by atoms with E-state index >= 15 is 0 Å². The fourth-order valence-electron chi connectivity index (χ4n) is 2.33. The minimum atomic E-state index is 0.0838. The summed E-state index contributed by atoms with van der Waals surface area (Å²) >= 11 is 1.80. The first-order chi connectivity index (χ1) is 7.20. The molecule has 1 aliphatic rings. The van der Waals surface area contributed by atoms with Crippen LogP contribution in [-0.2, 0) is 0 Å². The molecule has 2 heteroatoms. The molecule has 1 aromatic carbocycles. The van der Waals surface area contributed by atoms with Crippen LogP contribution in [0.1, 0.15) is 28.3 Å². The number of nitrogens with two attached hydrogens (primary N) is 1. The van der Waals surface area contributed by atoms with Gasteiger partial charge in [-0.1, -0.05) is 12.1 Å². The van der Waals surface area contributed by atoms with Crippen LogP contribution >= 0.6 is 11.3 Å². The van der Waals surface area contributed by atoms with Gasteiger partial charge in [-0.15, -0.1) is 11.3 Å². The molecule has 0 spiro atoms. The fourth-order valence-corrected chi connectivity index (χ4v) is 3.40. The molecule has 76 valence electrons. The van der Waals surface area contributed by atoms with Gasteiger partial charge < -0.3 is 5.73 Å². The predicted octanol–water partition coefficient (Wildman–Crippen LogP) is 3.39. The number of benzene rings is 1. The standard InChI is InChI=1S/C13H13NS/c1-7-3-4-9-11(8(7)2)13-10(12(9)14)5-6-15-13/h3-6,12H,14H2,1-2H3. The Morgan fingerprint density at radius 3 is 2.73 bits per heavy atom. The molecule has 0 fully saturated rings. The van der Waals surface area contributed by atoms with Crippen molar-refractivity contribution in [2.24, 2.45) is 5.73 Å². The van der Waals surface area contributed by atoms with Crippen LogP contribution in [-0.4, -0.2) is 0 Å². The van der Waals surface area contributed by atoms with Crippen molar-refractivity contribution in [1.82, 2.24) is 0 Å². The van der Waals surface area contributed by atoms with Gasteiger partial charge in [0.1, 0.15) is 0 Å². The Morgan fingerprint density at radius 2 is 1.93 bits per heavy atom. The molecular weight excluding hydrogens is 202 g/mol. The predicted molar refractivity (Wildman–Crippen MR) is 65.3 cm³/mol. The van der Waals surface area contributed by atoms with Gasteiger partial charge in [-0.3, -0.25) is 0 Å². The highest BCUT2D eigenvalue weighted by atomic mass is 32.1. The number of rotatable bonds is 0. The molecular formula is C13H13NS. The Bertz CT molecular complexity index is 539.